The van der Waals surface area contributed by atoms with Gasteiger partial charge in [-0.25, -0.2) is 4.79 Å². The fourth-order valence-corrected chi connectivity index (χ4v) is 1.90. The summed E-state index contributed by atoms with van der Waals surface area (Å²) in [4.78, 5) is 13.2. The van der Waals surface area contributed by atoms with Gasteiger partial charge in [0.05, 0.1) is 6.42 Å². The minimum absolute atomic E-state index is 0.225. The summed E-state index contributed by atoms with van der Waals surface area (Å²) in [5, 5.41) is 3.04. The lowest BCUT2D eigenvalue weighted by Gasteiger charge is -2.31. The normalized spacial score (nSPS) is 20.4. The Kier molecular flexibility index (Phi) is 5.06. The third-order valence-electron chi connectivity index (χ3n) is 2.74. The number of nitrogens with zero attached hydrogens (tertiary/aromatic N) is 1. The number of nitrogens with one attached hydrogen (secondary N) is 1. The molecule has 0 aromatic heterocycles. The summed E-state index contributed by atoms with van der Waals surface area (Å²) >= 11 is 0. The second-order valence-corrected chi connectivity index (χ2v) is 5.69. The van der Waals surface area contributed by atoms with E-state index >= 15 is 0 Å². The van der Waals surface area contributed by atoms with Crippen LogP contribution in [0, 0.1) is 0 Å². The smallest absolute Gasteiger partial charge is 0.410 e. The van der Waals surface area contributed by atoms with Crippen molar-refractivity contribution in [1.29, 1.82) is 0 Å². The summed E-state index contributed by atoms with van der Waals surface area (Å²) in [6, 6.07) is -0.225. The molecule has 0 aliphatic carbocycles. The Balaban J connectivity index is 2.65. The molecule has 0 saturated carbocycles. The zero-order chi connectivity index (χ0) is 14.7. The van der Waals surface area contributed by atoms with Gasteiger partial charge in [0.15, 0.2) is 0 Å². The van der Waals surface area contributed by atoms with Crippen LogP contribution >= 0.6 is 0 Å². The molecule has 0 spiro atoms. The highest BCUT2D eigenvalue weighted by Gasteiger charge is 2.34. The number of halogens is 3. The van der Waals surface area contributed by atoms with Gasteiger partial charge in [0.1, 0.15) is 5.60 Å². The lowest BCUT2D eigenvalue weighted by molar-refractivity contribution is -0.138. The molecule has 112 valence electrons. The van der Waals surface area contributed by atoms with E-state index in [0.29, 0.717) is 19.5 Å². The largest absolute Gasteiger partial charge is 0.444 e. The highest BCUT2D eigenvalue weighted by atomic mass is 19.4. The van der Waals surface area contributed by atoms with Crippen LogP contribution in [0.2, 0.25) is 0 Å². The molecule has 1 N–H and O–H groups in total. The second kappa shape index (κ2) is 5.98. The van der Waals surface area contributed by atoms with Crippen LogP contribution in [0.3, 0.4) is 0 Å². The maximum atomic E-state index is 12.3. The van der Waals surface area contributed by atoms with Gasteiger partial charge in [0.2, 0.25) is 0 Å². The van der Waals surface area contributed by atoms with E-state index in [1.54, 1.807) is 20.8 Å². The molecule has 1 saturated heterocycles. The lowest BCUT2D eigenvalue weighted by atomic mass is 10.2. The van der Waals surface area contributed by atoms with Gasteiger partial charge in [0, 0.05) is 19.1 Å². The highest BCUT2D eigenvalue weighted by molar-refractivity contribution is 5.68. The molecular weight excluding hydrogens is 261 g/mol. The zero-order valence-electron chi connectivity index (χ0n) is 11.5. The summed E-state index contributed by atoms with van der Waals surface area (Å²) in [5.41, 5.74) is -0.709. The molecule has 1 rings (SSSR count). The molecule has 1 atom stereocenters. The van der Waals surface area contributed by atoms with E-state index < -0.39 is 24.3 Å². The topological polar surface area (TPSA) is 41.6 Å². The maximum absolute atomic E-state index is 12.3. The number of hydrogen-bond donors (Lipinski definition) is 1. The van der Waals surface area contributed by atoms with Crippen LogP contribution in [-0.4, -0.2) is 48.4 Å². The van der Waals surface area contributed by atoms with Gasteiger partial charge in [-0.05, 0) is 33.7 Å². The lowest BCUT2D eigenvalue weighted by Crippen LogP contribution is -2.45. The van der Waals surface area contributed by atoms with Crippen molar-refractivity contribution >= 4 is 6.09 Å². The standard InChI is InChI=1S/C12H21F3N2O2/c1-11(2,3)19-10(18)17(7-5-12(13,14)15)9-4-6-16-8-9/h9,16H,4-8H2,1-3H3/t9-/m1/s1. The zero-order valence-corrected chi connectivity index (χ0v) is 11.5. The van der Waals surface area contributed by atoms with Crippen LogP contribution in [0.5, 0.6) is 0 Å². The first-order valence-corrected chi connectivity index (χ1v) is 6.35. The first kappa shape index (κ1) is 16.1. The van der Waals surface area contributed by atoms with Gasteiger partial charge in [0.25, 0.3) is 0 Å². The van der Waals surface area contributed by atoms with E-state index in [4.69, 9.17) is 4.74 Å². The Bertz CT molecular complexity index is 307. The molecule has 0 aromatic rings. The second-order valence-electron chi connectivity index (χ2n) is 5.69. The average molecular weight is 282 g/mol. The fourth-order valence-electron chi connectivity index (χ4n) is 1.90. The molecule has 0 radical (unpaired) electrons. The molecule has 0 unspecified atom stereocenters. The molecule has 7 heteroatoms. The van der Waals surface area contributed by atoms with Crippen molar-refractivity contribution in [3.05, 3.63) is 0 Å². The first-order valence-electron chi connectivity index (χ1n) is 6.35. The van der Waals surface area contributed by atoms with Crippen LogP contribution in [0.1, 0.15) is 33.6 Å². The quantitative estimate of drug-likeness (QED) is 0.865. The number of hydrogen-bond acceptors (Lipinski definition) is 3. The molecule has 0 bridgehead atoms. The minimum atomic E-state index is -4.27. The number of amides is 1. The fraction of sp³-hybridized carbons (Fsp3) is 0.917. The van der Waals surface area contributed by atoms with Gasteiger partial charge in [-0.1, -0.05) is 0 Å². The number of alkyl halides is 3. The van der Waals surface area contributed by atoms with Crippen LogP contribution in [0.25, 0.3) is 0 Å². The summed E-state index contributed by atoms with van der Waals surface area (Å²) in [6.45, 7) is 5.94. The van der Waals surface area contributed by atoms with Crippen molar-refractivity contribution in [2.45, 2.75) is 51.4 Å². The van der Waals surface area contributed by atoms with E-state index in [1.165, 1.54) is 4.90 Å². The Hall–Kier alpha value is -0.980. The van der Waals surface area contributed by atoms with E-state index in [9.17, 15) is 18.0 Å². The molecule has 0 aromatic carbocycles. The van der Waals surface area contributed by atoms with E-state index in [-0.39, 0.29) is 12.6 Å². The van der Waals surface area contributed by atoms with Crippen molar-refractivity contribution < 1.29 is 22.7 Å². The summed E-state index contributed by atoms with van der Waals surface area (Å²) in [7, 11) is 0. The van der Waals surface area contributed by atoms with Crippen LogP contribution in [0.15, 0.2) is 0 Å². The number of rotatable bonds is 3. The predicted octanol–water partition coefficient (Wildman–Crippen LogP) is 2.54. The van der Waals surface area contributed by atoms with Crippen molar-refractivity contribution in [3.8, 4) is 0 Å². The molecule has 1 aliphatic rings. The molecule has 1 fully saturated rings. The number of carbonyl (C=O) groups excluding carboxylic acids is 1. The van der Waals surface area contributed by atoms with E-state index in [0.717, 1.165) is 0 Å². The van der Waals surface area contributed by atoms with Gasteiger partial charge in [-0.2, -0.15) is 13.2 Å². The highest BCUT2D eigenvalue weighted by Crippen LogP contribution is 2.22. The van der Waals surface area contributed by atoms with Crippen LogP contribution in [0.4, 0.5) is 18.0 Å². The van der Waals surface area contributed by atoms with Crippen molar-refractivity contribution in [3.63, 3.8) is 0 Å². The van der Waals surface area contributed by atoms with Gasteiger partial charge >= 0.3 is 12.3 Å². The van der Waals surface area contributed by atoms with Crippen molar-refractivity contribution in [2.75, 3.05) is 19.6 Å². The Labute approximate surface area is 111 Å². The third kappa shape index (κ3) is 6.13. The number of ether oxygens (including phenoxy) is 1. The summed E-state index contributed by atoms with van der Waals surface area (Å²) < 4.78 is 42.1. The maximum Gasteiger partial charge on any atom is 0.410 e. The molecule has 1 amide bonds. The molecular formula is C12H21F3N2O2. The van der Waals surface area contributed by atoms with Gasteiger partial charge < -0.3 is 15.0 Å². The Morgan fingerprint density at radius 1 is 1.37 bits per heavy atom. The Morgan fingerprint density at radius 3 is 2.42 bits per heavy atom. The summed E-state index contributed by atoms with van der Waals surface area (Å²) in [5.74, 6) is 0. The molecule has 19 heavy (non-hydrogen) atoms. The van der Waals surface area contributed by atoms with Crippen molar-refractivity contribution in [1.82, 2.24) is 10.2 Å². The predicted molar refractivity (Wildman–Crippen MR) is 64.9 cm³/mol. The van der Waals surface area contributed by atoms with E-state index in [2.05, 4.69) is 5.32 Å². The van der Waals surface area contributed by atoms with Gasteiger partial charge in [-0.3, -0.25) is 0 Å². The molecule has 1 aliphatic heterocycles. The minimum Gasteiger partial charge on any atom is -0.444 e. The SMILES string of the molecule is CC(C)(C)OC(=O)N(CCC(F)(F)F)[C@@H]1CCNC1. The number of carbonyl (C=O) groups is 1. The average Bonchev–Trinajstić information content (AvgIpc) is 2.66. The van der Waals surface area contributed by atoms with Gasteiger partial charge in [-0.15, -0.1) is 0 Å². The first-order chi connectivity index (χ1) is 8.58. The van der Waals surface area contributed by atoms with E-state index in [1.807, 2.05) is 0 Å². The molecule has 4 nitrogen and oxygen atoms in total. The van der Waals surface area contributed by atoms with Crippen LogP contribution in [-0.2, 0) is 4.74 Å². The monoisotopic (exact) mass is 282 g/mol. The third-order valence-corrected chi connectivity index (χ3v) is 2.74. The summed E-state index contributed by atoms with van der Waals surface area (Å²) in [6.07, 6.45) is -5.31. The Morgan fingerprint density at radius 2 is 2.00 bits per heavy atom. The molecule has 1 heterocycles. The van der Waals surface area contributed by atoms with Crippen molar-refractivity contribution in [2.24, 2.45) is 0 Å². The van der Waals surface area contributed by atoms with Crippen LogP contribution < -0.4 is 5.32 Å².